The van der Waals surface area contributed by atoms with Crippen LogP contribution in [-0.4, -0.2) is 34.3 Å². The molecule has 1 aromatic heterocycles. The van der Waals surface area contributed by atoms with E-state index in [0.29, 0.717) is 23.1 Å². The van der Waals surface area contributed by atoms with Gasteiger partial charge in [-0.3, -0.25) is 9.48 Å². The van der Waals surface area contributed by atoms with E-state index in [2.05, 4.69) is 15.7 Å². The Morgan fingerprint density at radius 3 is 2.48 bits per heavy atom. The number of carbonyl (C=O) groups excluding carboxylic acids is 1. The van der Waals surface area contributed by atoms with Crippen LogP contribution in [0.25, 0.3) is 11.3 Å². The van der Waals surface area contributed by atoms with Gasteiger partial charge in [-0.15, -0.1) is 0 Å². The minimum atomic E-state index is -4.50. The molecule has 180 valence electrons. The molecule has 2 heterocycles. The maximum absolute atomic E-state index is 13.4. The highest BCUT2D eigenvalue weighted by molar-refractivity contribution is 5.82. The van der Waals surface area contributed by atoms with Crippen molar-refractivity contribution in [3.8, 4) is 17.3 Å². The van der Waals surface area contributed by atoms with Gasteiger partial charge >= 0.3 is 6.18 Å². The van der Waals surface area contributed by atoms with Crippen LogP contribution in [0.2, 0.25) is 0 Å². The maximum Gasteiger partial charge on any atom is 0.435 e. The first kappa shape index (κ1) is 26.3. The highest BCUT2D eigenvalue weighted by atomic mass is 19.4. The molecule has 1 unspecified atom stereocenters. The molecule has 1 saturated heterocycles. The molecule has 1 aliphatic heterocycles. The van der Waals surface area contributed by atoms with Crippen molar-refractivity contribution in [2.75, 3.05) is 6.54 Å². The van der Waals surface area contributed by atoms with Crippen molar-refractivity contribution in [2.24, 2.45) is 13.0 Å². The number of nitrogens with one attached hydrogen (secondary N) is 2. The minimum absolute atomic E-state index is 0.00579. The Kier molecular flexibility index (Phi) is 8.99. The number of amides is 1. The van der Waals surface area contributed by atoms with Crippen LogP contribution in [0.1, 0.15) is 44.4 Å². The van der Waals surface area contributed by atoms with E-state index in [1.54, 1.807) is 13.0 Å². The number of nitriles is 1. The zero-order chi connectivity index (χ0) is 24.8. The van der Waals surface area contributed by atoms with Crippen molar-refractivity contribution in [1.82, 2.24) is 20.4 Å². The van der Waals surface area contributed by atoms with E-state index in [-0.39, 0.29) is 24.2 Å². The van der Waals surface area contributed by atoms with Crippen molar-refractivity contribution < 1.29 is 22.4 Å². The van der Waals surface area contributed by atoms with Gasteiger partial charge in [0.05, 0.1) is 17.8 Å². The lowest BCUT2D eigenvalue weighted by molar-refractivity contribution is -0.141. The molecule has 2 N–H and O–H groups in total. The minimum Gasteiger partial charge on any atom is -0.342 e. The van der Waals surface area contributed by atoms with Crippen molar-refractivity contribution in [2.45, 2.75) is 58.3 Å². The Labute approximate surface area is 191 Å². The third-order valence-electron chi connectivity index (χ3n) is 5.62. The fourth-order valence-corrected chi connectivity index (χ4v) is 4.02. The van der Waals surface area contributed by atoms with E-state index in [1.165, 1.54) is 25.6 Å². The Morgan fingerprint density at radius 1 is 1.30 bits per heavy atom. The molecule has 1 saturated carbocycles. The van der Waals surface area contributed by atoms with Crippen molar-refractivity contribution >= 4 is 5.91 Å². The Morgan fingerprint density at radius 2 is 2.00 bits per heavy atom. The molecule has 2 fully saturated rings. The van der Waals surface area contributed by atoms with Gasteiger partial charge in [0, 0.05) is 18.7 Å². The molecule has 0 spiro atoms. The second-order valence-electron chi connectivity index (χ2n) is 7.79. The fraction of sp³-hybridized carbons (Fsp3) is 0.522. The molecular formula is C23H29F4N5O. The second kappa shape index (κ2) is 11.3. The molecule has 33 heavy (non-hydrogen) atoms. The van der Waals surface area contributed by atoms with Crippen LogP contribution in [0.5, 0.6) is 0 Å². The number of benzene rings is 1. The lowest BCUT2D eigenvalue weighted by Crippen LogP contribution is -2.47. The van der Waals surface area contributed by atoms with Gasteiger partial charge in [0.15, 0.2) is 5.69 Å². The molecular weight excluding hydrogens is 438 g/mol. The third-order valence-corrected chi connectivity index (χ3v) is 5.62. The van der Waals surface area contributed by atoms with Crippen molar-refractivity contribution in [3.05, 3.63) is 41.3 Å². The standard InChI is InChI=1S/C12H10F4N2.C9H13N3O.C2H6/c1-7-3-4-8(5-9(7)13)10-6-11(12(14,15)16)17-18(10)2;10-3-4-11-9(13)8-6-1-2-7(5-6)12-8;1-2/h3-6H,1-2H3;6-8,12H,1-2,4-5H2,(H,11,13);1-2H3/t;6?,7-,8+;/m.1./s1. The third kappa shape index (κ3) is 6.54. The molecule has 1 aliphatic carbocycles. The first-order valence-corrected chi connectivity index (χ1v) is 10.9. The van der Waals surface area contributed by atoms with Gasteiger partial charge in [-0.2, -0.15) is 23.5 Å². The summed E-state index contributed by atoms with van der Waals surface area (Å²) in [6, 6.07) is 7.61. The Balaban J connectivity index is 0.000000227. The van der Waals surface area contributed by atoms with Gasteiger partial charge in [-0.05, 0) is 49.8 Å². The lowest BCUT2D eigenvalue weighted by atomic mass is 9.99. The summed E-state index contributed by atoms with van der Waals surface area (Å²) < 4.78 is 51.9. The van der Waals surface area contributed by atoms with Gasteiger partial charge in [-0.1, -0.05) is 26.0 Å². The predicted molar refractivity (Wildman–Crippen MR) is 116 cm³/mol. The molecule has 2 bridgehead atoms. The average molecular weight is 468 g/mol. The van der Waals surface area contributed by atoms with Crippen LogP contribution in [0.4, 0.5) is 17.6 Å². The average Bonchev–Trinajstić information content (AvgIpc) is 3.51. The molecule has 2 aliphatic rings. The van der Waals surface area contributed by atoms with Crippen LogP contribution >= 0.6 is 0 Å². The molecule has 10 heteroatoms. The number of piperidine rings is 1. The summed E-state index contributed by atoms with van der Waals surface area (Å²) in [5.41, 5.74) is 0.0442. The monoisotopic (exact) mass is 467 g/mol. The highest BCUT2D eigenvalue weighted by Gasteiger charge is 2.42. The SMILES string of the molecule is CC.Cc1ccc(-c2cc(C(F)(F)F)nn2C)cc1F.N#CCNC(=O)[C@H]1N[C@@H]2CCC1C2. The van der Waals surface area contributed by atoms with E-state index >= 15 is 0 Å². The number of halogens is 4. The maximum atomic E-state index is 13.4. The quantitative estimate of drug-likeness (QED) is 0.520. The topological polar surface area (TPSA) is 82.7 Å². The Bertz CT molecular complexity index is 996. The zero-order valence-corrected chi connectivity index (χ0v) is 19.1. The summed E-state index contributed by atoms with van der Waals surface area (Å²) in [6.07, 6.45) is -1.01. The largest absolute Gasteiger partial charge is 0.435 e. The number of carbonyl (C=O) groups is 1. The number of aromatic nitrogens is 2. The predicted octanol–water partition coefficient (Wildman–Crippen LogP) is 4.35. The summed E-state index contributed by atoms with van der Waals surface area (Å²) in [7, 11) is 1.39. The van der Waals surface area contributed by atoms with E-state index in [1.807, 2.05) is 19.9 Å². The number of rotatable bonds is 3. The number of hydrogen-bond donors (Lipinski definition) is 2. The molecule has 1 amide bonds. The number of hydrogen-bond acceptors (Lipinski definition) is 4. The summed E-state index contributed by atoms with van der Waals surface area (Å²) in [6.45, 7) is 5.71. The van der Waals surface area contributed by atoms with Crippen LogP contribution in [-0.2, 0) is 18.0 Å². The molecule has 4 rings (SSSR count). The first-order valence-electron chi connectivity index (χ1n) is 10.9. The number of fused-ring (bicyclic) bond motifs is 2. The van der Waals surface area contributed by atoms with Crippen LogP contribution in [0, 0.1) is 30.0 Å². The van der Waals surface area contributed by atoms with Crippen LogP contribution in [0.3, 0.4) is 0 Å². The Hall–Kier alpha value is -2.93. The lowest BCUT2D eigenvalue weighted by Gasteiger charge is -2.21. The van der Waals surface area contributed by atoms with Crippen molar-refractivity contribution in [3.63, 3.8) is 0 Å². The molecule has 1 aromatic carbocycles. The summed E-state index contributed by atoms with van der Waals surface area (Å²) in [5.74, 6) is 0.0414. The van der Waals surface area contributed by atoms with Crippen molar-refractivity contribution in [1.29, 1.82) is 5.26 Å². The van der Waals surface area contributed by atoms with Gasteiger partial charge in [0.1, 0.15) is 12.4 Å². The molecule has 3 atom stereocenters. The summed E-state index contributed by atoms with van der Waals surface area (Å²) in [4.78, 5) is 11.5. The second-order valence-corrected chi connectivity index (χ2v) is 7.79. The fourth-order valence-electron chi connectivity index (χ4n) is 4.02. The number of aryl methyl sites for hydroxylation is 2. The van der Waals surface area contributed by atoms with Gasteiger partial charge < -0.3 is 10.6 Å². The van der Waals surface area contributed by atoms with E-state index in [4.69, 9.17) is 5.26 Å². The van der Waals surface area contributed by atoms with Gasteiger partial charge in [0.2, 0.25) is 5.91 Å². The number of alkyl halides is 3. The van der Waals surface area contributed by atoms with E-state index < -0.39 is 17.7 Å². The summed E-state index contributed by atoms with van der Waals surface area (Å²) in [5, 5.41) is 17.6. The van der Waals surface area contributed by atoms with E-state index in [0.717, 1.165) is 23.6 Å². The van der Waals surface area contributed by atoms with Gasteiger partial charge in [0.25, 0.3) is 0 Å². The summed E-state index contributed by atoms with van der Waals surface area (Å²) >= 11 is 0. The van der Waals surface area contributed by atoms with E-state index in [9.17, 15) is 22.4 Å². The first-order chi connectivity index (χ1) is 15.6. The molecule has 0 radical (unpaired) electrons. The van der Waals surface area contributed by atoms with Crippen LogP contribution in [0.15, 0.2) is 24.3 Å². The molecule has 6 nitrogen and oxygen atoms in total. The molecule has 2 aromatic rings. The highest BCUT2D eigenvalue weighted by Crippen LogP contribution is 2.35. The smallest absolute Gasteiger partial charge is 0.342 e. The normalized spacial score (nSPS) is 20.8. The van der Waals surface area contributed by atoms with Gasteiger partial charge in [-0.25, -0.2) is 4.39 Å². The van der Waals surface area contributed by atoms with Crippen LogP contribution < -0.4 is 10.6 Å². The number of nitrogens with zero attached hydrogens (tertiary/aromatic N) is 3. The zero-order valence-electron chi connectivity index (χ0n) is 19.1.